The van der Waals surface area contributed by atoms with E-state index >= 15 is 0 Å². The van der Waals surface area contributed by atoms with Crippen LogP contribution in [-0.4, -0.2) is 11.7 Å². The first kappa shape index (κ1) is 9.99. The van der Waals surface area contributed by atoms with E-state index in [0.717, 1.165) is 0 Å². The van der Waals surface area contributed by atoms with Crippen LogP contribution in [-0.2, 0) is 6.61 Å². The van der Waals surface area contributed by atoms with Crippen molar-refractivity contribution in [2.45, 2.75) is 20.5 Å². The van der Waals surface area contributed by atoms with Crippen molar-refractivity contribution in [3.05, 3.63) is 29.1 Å². The summed E-state index contributed by atoms with van der Waals surface area (Å²) in [4.78, 5) is 0. The number of halogens is 1. The monoisotopic (exact) mass is 184 g/mol. The molecule has 3 heteroatoms. The van der Waals surface area contributed by atoms with Crippen LogP contribution < -0.4 is 4.74 Å². The zero-order chi connectivity index (χ0) is 9.84. The average molecular weight is 184 g/mol. The summed E-state index contributed by atoms with van der Waals surface area (Å²) in [6, 6.07) is 3.30. The first-order chi connectivity index (χ1) is 6.20. The summed E-state index contributed by atoms with van der Waals surface area (Å²) >= 11 is 0. The molecule has 0 saturated heterocycles. The molecule has 0 spiro atoms. The fourth-order valence-electron chi connectivity index (χ4n) is 1.12. The van der Waals surface area contributed by atoms with Gasteiger partial charge in [0.2, 0.25) is 0 Å². The molecule has 0 saturated carbocycles. The number of hydrogen-bond acceptors (Lipinski definition) is 2. The summed E-state index contributed by atoms with van der Waals surface area (Å²) in [5.41, 5.74) is 1.02. The summed E-state index contributed by atoms with van der Waals surface area (Å²) in [7, 11) is 0. The van der Waals surface area contributed by atoms with Crippen LogP contribution in [0.4, 0.5) is 4.39 Å². The normalized spacial score (nSPS) is 10.2. The van der Waals surface area contributed by atoms with E-state index < -0.39 is 0 Å². The third kappa shape index (κ3) is 1.98. The lowest BCUT2D eigenvalue weighted by molar-refractivity contribution is 0.261. The number of ether oxygens (including phenoxy) is 1. The minimum atomic E-state index is -0.381. The van der Waals surface area contributed by atoms with Gasteiger partial charge in [0.05, 0.1) is 13.2 Å². The van der Waals surface area contributed by atoms with Crippen molar-refractivity contribution in [1.82, 2.24) is 0 Å². The topological polar surface area (TPSA) is 29.5 Å². The molecule has 0 radical (unpaired) electrons. The predicted molar refractivity (Wildman–Crippen MR) is 48.2 cm³/mol. The van der Waals surface area contributed by atoms with E-state index in [0.29, 0.717) is 17.7 Å². The molecule has 0 atom stereocenters. The fraction of sp³-hybridized carbons (Fsp3) is 0.400. The van der Waals surface area contributed by atoms with Gasteiger partial charge in [0.15, 0.2) is 11.6 Å². The molecule has 1 aromatic carbocycles. The molecule has 0 aromatic heterocycles. The second kappa shape index (κ2) is 4.23. The van der Waals surface area contributed by atoms with Crippen LogP contribution >= 0.6 is 0 Å². The second-order valence-electron chi connectivity index (χ2n) is 2.78. The van der Waals surface area contributed by atoms with Crippen molar-refractivity contribution in [3.63, 3.8) is 0 Å². The number of benzene rings is 1. The first-order valence-electron chi connectivity index (χ1n) is 4.22. The molecule has 1 N–H and O–H groups in total. The van der Waals surface area contributed by atoms with E-state index in [1.165, 1.54) is 0 Å². The Hall–Kier alpha value is -1.09. The number of aliphatic hydroxyl groups is 1. The Kier molecular flexibility index (Phi) is 3.25. The molecule has 13 heavy (non-hydrogen) atoms. The largest absolute Gasteiger partial charge is 0.490 e. The Bertz CT molecular complexity index is 297. The third-order valence-electron chi connectivity index (χ3n) is 1.83. The standard InChI is InChI=1S/C10H13FO2/c1-3-13-10-8(6-12)5-4-7(2)9(10)11/h4-5,12H,3,6H2,1-2H3. The van der Waals surface area contributed by atoms with Gasteiger partial charge in [-0.2, -0.15) is 0 Å². The Labute approximate surface area is 77.0 Å². The molecule has 0 unspecified atom stereocenters. The van der Waals surface area contributed by atoms with E-state index in [1.807, 2.05) is 0 Å². The van der Waals surface area contributed by atoms with E-state index in [-0.39, 0.29) is 18.2 Å². The van der Waals surface area contributed by atoms with Crippen LogP contribution in [0.15, 0.2) is 12.1 Å². The highest BCUT2D eigenvalue weighted by Crippen LogP contribution is 2.25. The fourth-order valence-corrected chi connectivity index (χ4v) is 1.12. The number of aryl methyl sites for hydroxylation is 1. The zero-order valence-corrected chi connectivity index (χ0v) is 7.80. The molecule has 0 bridgehead atoms. The molecule has 0 heterocycles. The summed E-state index contributed by atoms with van der Waals surface area (Å²) in [6.45, 7) is 3.64. The summed E-state index contributed by atoms with van der Waals surface area (Å²) in [6.07, 6.45) is 0. The molecule has 0 aliphatic heterocycles. The van der Waals surface area contributed by atoms with E-state index in [4.69, 9.17) is 9.84 Å². The van der Waals surface area contributed by atoms with Crippen molar-refractivity contribution < 1.29 is 14.2 Å². The van der Waals surface area contributed by atoms with Crippen LogP contribution in [0.1, 0.15) is 18.1 Å². The summed E-state index contributed by atoms with van der Waals surface area (Å²) in [5, 5.41) is 8.91. The van der Waals surface area contributed by atoms with Crippen molar-refractivity contribution >= 4 is 0 Å². The van der Waals surface area contributed by atoms with Gasteiger partial charge in [-0.05, 0) is 19.4 Å². The van der Waals surface area contributed by atoms with Gasteiger partial charge in [-0.1, -0.05) is 12.1 Å². The van der Waals surface area contributed by atoms with Gasteiger partial charge in [-0.15, -0.1) is 0 Å². The lowest BCUT2D eigenvalue weighted by Gasteiger charge is -2.10. The van der Waals surface area contributed by atoms with Crippen LogP contribution in [0.2, 0.25) is 0 Å². The van der Waals surface area contributed by atoms with Gasteiger partial charge in [0.25, 0.3) is 0 Å². The van der Waals surface area contributed by atoms with E-state index in [1.54, 1.807) is 26.0 Å². The van der Waals surface area contributed by atoms with Crippen molar-refractivity contribution in [3.8, 4) is 5.75 Å². The van der Waals surface area contributed by atoms with Crippen LogP contribution in [0.3, 0.4) is 0 Å². The van der Waals surface area contributed by atoms with Gasteiger partial charge in [0, 0.05) is 5.56 Å². The van der Waals surface area contributed by atoms with Gasteiger partial charge >= 0.3 is 0 Å². The molecule has 72 valence electrons. The molecule has 0 aliphatic rings. The Morgan fingerprint density at radius 3 is 2.69 bits per heavy atom. The maximum absolute atomic E-state index is 13.4. The predicted octanol–water partition coefficient (Wildman–Crippen LogP) is 2.03. The van der Waals surface area contributed by atoms with Crippen molar-refractivity contribution in [1.29, 1.82) is 0 Å². The molecule has 0 amide bonds. The lowest BCUT2D eigenvalue weighted by Crippen LogP contribution is -2.01. The maximum Gasteiger partial charge on any atom is 0.168 e. The molecular formula is C10H13FO2. The zero-order valence-electron chi connectivity index (χ0n) is 7.80. The van der Waals surface area contributed by atoms with Gasteiger partial charge in [0.1, 0.15) is 0 Å². The van der Waals surface area contributed by atoms with Gasteiger partial charge in [-0.3, -0.25) is 0 Å². The van der Waals surface area contributed by atoms with E-state index in [9.17, 15) is 4.39 Å². The lowest BCUT2D eigenvalue weighted by atomic mass is 10.1. The quantitative estimate of drug-likeness (QED) is 0.778. The molecule has 1 rings (SSSR count). The summed E-state index contributed by atoms with van der Waals surface area (Å²) in [5.74, 6) is -0.210. The molecular weight excluding hydrogens is 171 g/mol. The Morgan fingerprint density at radius 2 is 2.15 bits per heavy atom. The number of aliphatic hydroxyl groups excluding tert-OH is 1. The van der Waals surface area contributed by atoms with Crippen molar-refractivity contribution in [2.24, 2.45) is 0 Å². The van der Waals surface area contributed by atoms with E-state index in [2.05, 4.69) is 0 Å². The molecule has 0 fully saturated rings. The first-order valence-corrected chi connectivity index (χ1v) is 4.22. The maximum atomic E-state index is 13.4. The van der Waals surface area contributed by atoms with Gasteiger partial charge in [-0.25, -0.2) is 4.39 Å². The highest BCUT2D eigenvalue weighted by Gasteiger charge is 2.10. The van der Waals surface area contributed by atoms with Crippen molar-refractivity contribution in [2.75, 3.05) is 6.61 Å². The molecule has 2 nitrogen and oxygen atoms in total. The molecule has 1 aromatic rings. The van der Waals surface area contributed by atoms with Crippen LogP contribution in [0, 0.1) is 12.7 Å². The average Bonchev–Trinajstić information content (AvgIpc) is 2.14. The molecule has 0 aliphatic carbocycles. The summed E-state index contributed by atoms with van der Waals surface area (Å²) < 4.78 is 18.5. The Balaban J connectivity index is 3.15. The highest BCUT2D eigenvalue weighted by molar-refractivity contribution is 5.38. The minimum Gasteiger partial charge on any atom is -0.490 e. The minimum absolute atomic E-state index is 0.171. The smallest absolute Gasteiger partial charge is 0.168 e. The SMILES string of the molecule is CCOc1c(CO)ccc(C)c1F. The number of hydrogen-bond donors (Lipinski definition) is 1. The number of rotatable bonds is 3. The van der Waals surface area contributed by atoms with Gasteiger partial charge < -0.3 is 9.84 Å². The van der Waals surface area contributed by atoms with Crippen LogP contribution in [0.5, 0.6) is 5.75 Å². The Morgan fingerprint density at radius 1 is 1.46 bits per heavy atom. The second-order valence-corrected chi connectivity index (χ2v) is 2.78. The third-order valence-corrected chi connectivity index (χ3v) is 1.83. The van der Waals surface area contributed by atoms with Crippen LogP contribution in [0.25, 0.3) is 0 Å². The highest BCUT2D eigenvalue weighted by atomic mass is 19.1.